The van der Waals surface area contributed by atoms with Gasteiger partial charge in [0.05, 0.1) is 36.4 Å². The zero-order valence-corrected chi connectivity index (χ0v) is 22.2. The van der Waals surface area contributed by atoms with Crippen molar-refractivity contribution in [1.82, 2.24) is 15.2 Å². The number of hydrogen-bond donors (Lipinski definition) is 1. The second-order valence-electron chi connectivity index (χ2n) is 11.1. The summed E-state index contributed by atoms with van der Waals surface area (Å²) in [7, 11) is 1.39. The van der Waals surface area contributed by atoms with Crippen LogP contribution < -0.4 is 5.32 Å². The highest BCUT2D eigenvalue weighted by Gasteiger charge is 2.37. The molecule has 9 heteroatoms. The van der Waals surface area contributed by atoms with Crippen molar-refractivity contribution in [3.05, 3.63) is 64.5 Å². The molecule has 1 saturated carbocycles. The molecule has 1 N–H and O–H groups in total. The van der Waals surface area contributed by atoms with E-state index in [1.807, 2.05) is 6.07 Å². The third-order valence-electron chi connectivity index (χ3n) is 7.89. The van der Waals surface area contributed by atoms with E-state index in [9.17, 15) is 22.8 Å². The predicted octanol–water partition coefficient (Wildman–Crippen LogP) is 6.06. The van der Waals surface area contributed by atoms with Gasteiger partial charge >= 0.3 is 12.1 Å². The van der Waals surface area contributed by atoms with Gasteiger partial charge in [0, 0.05) is 25.8 Å². The van der Waals surface area contributed by atoms with Crippen molar-refractivity contribution >= 4 is 11.9 Å². The maximum Gasteiger partial charge on any atom is 0.416 e. The molecule has 2 aromatic rings. The third-order valence-corrected chi connectivity index (χ3v) is 7.89. The summed E-state index contributed by atoms with van der Waals surface area (Å²) in [5.41, 5.74) is 2.16. The van der Waals surface area contributed by atoms with Crippen LogP contribution in [-0.2, 0) is 28.8 Å². The average molecular weight is 532 g/mol. The first-order valence-corrected chi connectivity index (χ1v) is 13.3. The zero-order chi connectivity index (χ0) is 27.5. The van der Waals surface area contributed by atoms with Crippen molar-refractivity contribution in [2.24, 2.45) is 11.3 Å². The highest BCUT2D eigenvalue weighted by molar-refractivity contribution is 5.94. The largest absolute Gasteiger partial charge is 0.469 e. The number of methoxy groups -OCH3 is 1. The fraction of sp³-hybridized carbons (Fsp3) is 0.552. The van der Waals surface area contributed by atoms with Crippen LogP contribution >= 0.6 is 0 Å². The minimum atomic E-state index is -4.36. The summed E-state index contributed by atoms with van der Waals surface area (Å²) in [4.78, 5) is 32.0. The second-order valence-corrected chi connectivity index (χ2v) is 11.1. The Morgan fingerprint density at radius 3 is 2.45 bits per heavy atom. The van der Waals surface area contributed by atoms with Crippen LogP contribution in [0.2, 0.25) is 0 Å². The van der Waals surface area contributed by atoms with E-state index >= 15 is 0 Å². The van der Waals surface area contributed by atoms with Gasteiger partial charge in [-0.2, -0.15) is 13.2 Å². The minimum absolute atomic E-state index is 0.00466. The van der Waals surface area contributed by atoms with E-state index in [-0.39, 0.29) is 29.3 Å². The number of carbonyl (C=O) groups excluding carboxylic acids is 2. The van der Waals surface area contributed by atoms with Crippen LogP contribution in [0, 0.1) is 11.3 Å². The number of hydrogen-bond acceptors (Lipinski definition) is 5. The molecule has 38 heavy (non-hydrogen) atoms. The average Bonchev–Trinajstić information content (AvgIpc) is 3.24. The topological polar surface area (TPSA) is 71.5 Å². The fourth-order valence-electron chi connectivity index (χ4n) is 5.92. The van der Waals surface area contributed by atoms with Crippen LogP contribution in [0.5, 0.6) is 0 Å². The number of fused-ring (bicyclic) bond motifs is 1. The van der Waals surface area contributed by atoms with Crippen molar-refractivity contribution in [3.8, 4) is 0 Å². The summed E-state index contributed by atoms with van der Waals surface area (Å²) in [5, 5.41) is 3.04. The first kappa shape index (κ1) is 28.1. The maximum atomic E-state index is 13.1. The number of benzene rings is 1. The lowest BCUT2D eigenvalue weighted by molar-refractivity contribution is -0.144. The number of esters is 1. The molecular weight excluding hydrogens is 495 g/mol. The van der Waals surface area contributed by atoms with Crippen molar-refractivity contribution in [1.29, 1.82) is 0 Å². The Balaban J connectivity index is 1.46. The van der Waals surface area contributed by atoms with Crippen LogP contribution in [0.15, 0.2) is 36.5 Å². The maximum absolute atomic E-state index is 13.1. The highest BCUT2D eigenvalue weighted by Crippen LogP contribution is 2.40. The van der Waals surface area contributed by atoms with Crippen LogP contribution in [0.1, 0.15) is 91.2 Å². The lowest BCUT2D eigenvalue weighted by Gasteiger charge is -2.36. The second kappa shape index (κ2) is 11.4. The Hall–Kier alpha value is -2.94. The van der Waals surface area contributed by atoms with Crippen molar-refractivity contribution < 1.29 is 27.5 Å². The van der Waals surface area contributed by atoms with Gasteiger partial charge < -0.3 is 10.1 Å². The Morgan fingerprint density at radius 1 is 1.16 bits per heavy atom. The summed E-state index contributed by atoms with van der Waals surface area (Å²) >= 11 is 0. The molecule has 1 aliphatic carbocycles. The van der Waals surface area contributed by atoms with Gasteiger partial charge in [-0.05, 0) is 53.5 Å². The van der Waals surface area contributed by atoms with Gasteiger partial charge in [-0.3, -0.25) is 19.5 Å². The van der Waals surface area contributed by atoms with Crippen LogP contribution in [0.4, 0.5) is 13.2 Å². The van der Waals surface area contributed by atoms with Crippen LogP contribution in [-0.4, -0.2) is 35.4 Å². The molecule has 6 nitrogen and oxygen atoms in total. The number of nitrogens with zero attached hydrogens (tertiary/aromatic N) is 2. The zero-order valence-electron chi connectivity index (χ0n) is 22.2. The Morgan fingerprint density at radius 2 is 1.84 bits per heavy atom. The van der Waals surface area contributed by atoms with E-state index in [2.05, 4.69) is 29.0 Å². The van der Waals surface area contributed by atoms with Gasteiger partial charge in [-0.1, -0.05) is 45.2 Å². The number of carbonyl (C=O) groups is 2. The monoisotopic (exact) mass is 531 g/mol. The molecule has 1 aromatic carbocycles. The molecule has 1 fully saturated rings. The Kier molecular flexibility index (Phi) is 8.45. The van der Waals surface area contributed by atoms with Gasteiger partial charge in [0.15, 0.2) is 0 Å². The normalized spacial score (nSPS) is 19.3. The smallest absolute Gasteiger partial charge is 0.416 e. The number of aromatic nitrogens is 1. The van der Waals surface area contributed by atoms with Crippen molar-refractivity contribution in [2.75, 3.05) is 13.7 Å². The predicted molar refractivity (Wildman–Crippen MR) is 137 cm³/mol. The standard InChI is InChI=1S/C29H36F3N3O3/c1-19(2)26-25-22(17-35(26)16-20-7-9-23(10-8-20)29(30,31)32)13-21(15-33-25)27(37)34-18-28(14-24(36)38-3)11-5-4-6-12-28/h7-10,13,15,19,26H,4-6,11-12,14,16-18H2,1-3H3,(H,34,37). The highest BCUT2D eigenvalue weighted by atomic mass is 19.4. The van der Waals surface area contributed by atoms with Gasteiger partial charge in [-0.15, -0.1) is 0 Å². The van der Waals surface area contributed by atoms with E-state index < -0.39 is 11.7 Å². The molecule has 0 bridgehead atoms. The van der Waals surface area contributed by atoms with Crippen molar-refractivity contribution in [2.45, 2.75) is 77.7 Å². The SMILES string of the molecule is COC(=O)CC1(CNC(=O)c2cnc3c(c2)CN(Cc2ccc(C(F)(F)F)cc2)C3C(C)C)CCCCC1. The van der Waals surface area contributed by atoms with E-state index in [4.69, 9.17) is 4.74 Å². The Bertz CT molecular complexity index is 1140. The van der Waals surface area contributed by atoms with E-state index in [1.165, 1.54) is 19.2 Å². The lowest BCUT2D eigenvalue weighted by atomic mass is 9.71. The molecular formula is C29H36F3N3O3. The molecule has 1 atom stereocenters. The summed E-state index contributed by atoms with van der Waals surface area (Å²) in [5.74, 6) is -0.257. The number of alkyl halides is 3. The van der Waals surface area contributed by atoms with Gasteiger partial charge in [0.1, 0.15) is 0 Å². The molecule has 206 valence electrons. The third kappa shape index (κ3) is 6.37. The van der Waals surface area contributed by atoms with E-state index in [0.717, 1.165) is 61.1 Å². The number of nitrogens with one attached hydrogen (secondary N) is 1. The molecule has 1 aromatic heterocycles. The number of rotatable bonds is 8. The first-order valence-electron chi connectivity index (χ1n) is 13.3. The van der Waals surface area contributed by atoms with Gasteiger partial charge in [-0.25, -0.2) is 0 Å². The first-order chi connectivity index (χ1) is 18.0. The number of amides is 1. The van der Waals surface area contributed by atoms with E-state index in [0.29, 0.717) is 31.6 Å². The summed E-state index contributed by atoms with van der Waals surface area (Å²) in [6.45, 7) is 5.63. The molecule has 0 saturated heterocycles. The molecule has 2 aliphatic rings. The van der Waals surface area contributed by atoms with Crippen LogP contribution in [0.25, 0.3) is 0 Å². The lowest BCUT2D eigenvalue weighted by Crippen LogP contribution is -2.40. The van der Waals surface area contributed by atoms with Crippen molar-refractivity contribution in [3.63, 3.8) is 0 Å². The molecule has 4 rings (SSSR count). The van der Waals surface area contributed by atoms with E-state index in [1.54, 1.807) is 6.20 Å². The molecule has 1 amide bonds. The number of pyridine rings is 1. The van der Waals surface area contributed by atoms with Crippen LogP contribution in [0.3, 0.4) is 0 Å². The minimum Gasteiger partial charge on any atom is -0.469 e. The fourth-order valence-corrected chi connectivity index (χ4v) is 5.92. The summed E-state index contributed by atoms with van der Waals surface area (Å²) in [6, 6.07) is 7.13. The summed E-state index contributed by atoms with van der Waals surface area (Å²) in [6.07, 6.45) is 2.46. The molecule has 1 aliphatic heterocycles. The molecule has 2 heterocycles. The molecule has 0 radical (unpaired) electrons. The molecule has 1 unspecified atom stereocenters. The molecule has 0 spiro atoms. The summed E-state index contributed by atoms with van der Waals surface area (Å²) < 4.78 is 43.8. The van der Waals surface area contributed by atoms with Gasteiger partial charge in [0.2, 0.25) is 0 Å². The quantitative estimate of drug-likeness (QED) is 0.420. The Labute approximate surface area is 222 Å². The van der Waals surface area contributed by atoms with Gasteiger partial charge in [0.25, 0.3) is 5.91 Å². The number of halogens is 3. The number of ether oxygens (including phenoxy) is 1.